The normalized spacial score (nSPS) is 12.5. The van der Waals surface area contributed by atoms with Crippen molar-refractivity contribution >= 4 is 5.69 Å². The summed E-state index contributed by atoms with van der Waals surface area (Å²) in [6.45, 7) is 5.08. The van der Waals surface area contributed by atoms with Crippen molar-refractivity contribution in [1.82, 2.24) is 0 Å². The van der Waals surface area contributed by atoms with Crippen LogP contribution >= 0.6 is 0 Å². The van der Waals surface area contributed by atoms with Gasteiger partial charge in [-0.05, 0) is 31.0 Å². The van der Waals surface area contributed by atoms with Gasteiger partial charge in [0.05, 0.1) is 6.10 Å². The lowest BCUT2D eigenvalue weighted by molar-refractivity contribution is 0.0542. The van der Waals surface area contributed by atoms with Gasteiger partial charge in [-0.3, -0.25) is 0 Å². The third-order valence-electron chi connectivity index (χ3n) is 3.72. The molecule has 2 N–H and O–H groups in total. The number of hydrogen-bond donors (Lipinski definition) is 1. The summed E-state index contributed by atoms with van der Waals surface area (Å²) in [4.78, 5) is 0. The monoisotopic (exact) mass is 277 g/mol. The molecule has 2 nitrogen and oxygen atoms in total. The molecule has 0 saturated carbocycles. The van der Waals surface area contributed by atoms with Crippen LogP contribution in [0.2, 0.25) is 0 Å². The van der Waals surface area contributed by atoms with Crippen molar-refractivity contribution in [3.05, 3.63) is 29.8 Å². The number of nitrogen functional groups attached to an aromatic ring is 1. The summed E-state index contributed by atoms with van der Waals surface area (Å²) in [6, 6.07) is 8.11. The Kier molecular flexibility index (Phi) is 9.14. The second kappa shape index (κ2) is 10.7. The molecule has 0 aliphatic heterocycles. The van der Waals surface area contributed by atoms with Crippen LogP contribution in [0.15, 0.2) is 24.3 Å². The second-order valence-electron chi connectivity index (χ2n) is 5.52. The molecule has 0 spiro atoms. The molecular formula is C18H31NO. The average molecular weight is 277 g/mol. The maximum Gasteiger partial charge on any atom is 0.0825 e. The van der Waals surface area contributed by atoms with Gasteiger partial charge in [-0.1, -0.05) is 64.0 Å². The number of ether oxygens (including phenoxy) is 1. The summed E-state index contributed by atoms with van der Waals surface area (Å²) < 4.78 is 5.87. The number of nitrogens with two attached hydrogens (primary N) is 1. The third kappa shape index (κ3) is 6.95. The van der Waals surface area contributed by atoms with Gasteiger partial charge in [0.1, 0.15) is 0 Å². The predicted molar refractivity (Wildman–Crippen MR) is 87.8 cm³/mol. The molecular weight excluding hydrogens is 246 g/mol. The topological polar surface area (TPSA) is 35.2 Å². The number of benzene rings is 1. The van der Waals surface area contributed by atoms with Crippen LogP contribution in [0.25, 0.3) is 0 Å². The van der Waals surface area contributed by atoms with E-state index in [1.165, 1.54) is 50.5 Å². The van der Waals surface area contributed by atoms with Gasteiger partial charge in [-0.2, -0.15) is 0 Å². The highest BCUT2D eigenvalue weighted by Crippen LogP contribution is 2.25. The van der Waals surface area contributed by atoms with Crippen LogP contribution in [-0.2, 0) is 4.74 Å². The molecule has 0 fully saturated rings. The summed E-state index contributed by atoms with van der Waals surface area (Å²) in [5.74, 6) is 0. The number of unbranched alkanes of at least 4 members (excludes halogenated alkanes) is 6. The lowest BCUT2D eigenvalue weighted by Crippen LogP contribution is -2.05. The van der Waals surface area contributed by atoms with Crippen LogP contribution in [0.1, 0.15) is 76.9 Å². The van der Waals surface area contributed by atoms with Gasteiger partial charge in [-0.25, -0.2) is 0 Å². The predicted octanol–water partition coefficient (Wildman–Crippen LogP) is 5.49. The molecule has 114 valence electrons. The van der Waals surface area contributed by atoms with Gasteiger partial charge in [0, 0.05) is 12.3 Å². The van der Waals surface area contributed by atoms with Crippen molar-refractivity contribution in [3.8, 4) is 0 Å². The molecule has 1 atom stereocenters. The Morgan fingerprint density at radius 3 is 2.35 bits per heavy atom. The zero-order chi connectivity index (χ0) is 14.6. The molecule has 0 amide bonds. The van der Waals surface area contributed by atoms with E-state index in [2.05, 4.69) is 19.9 Å². The fourth-order valence-corrected chi connectivity index (χ4v) is 2.59. The van der Waals surface area contributed by atoms with E-state index in [1.54, 1.807) is 0 Å². The number of rotatable bonds is 11. The Bertz CT molecular complexity index is 351. The minimum Gasteiger partial charge on any atom is -0.399 e. The lowest BCUT2D eigenvalue weighted by atomic mass is 10.0. The third-order valence-corrected chi connectivity index (χ3v) is 3.72. The summed E-state index contributed by atoms with van der Waals surface area (Å²) >= 11 is 0. The first-order valence-electron chi connectivity index (χ1n) is 8.25. The van der Waals surface area contributed by atoms with Crippen LogP contribution in [-0.4, -0.2) is 6.61 Å². The van der Waals surface area contributed by atoms with Crippen molar-refractivity contribution in [2.24, 2.45) is 0 Å². The molecule has 1 unspecified atom stereocenters. The number of hydrogen-bond acceptors (Lipinski definition) is 2. The van der Waals surface area contributed by atoms with Crippen molar-refractivity contribution in [1.29, 1.82) is 0 Å². The lowest BCUT2D eigenvalue weighted by Gasteiger charge is -2.18. The van der Waals surface area contributed by atoms with E-state index in [0.717, 1.165) is 18.7 Å². The first-order valence-corrected chi connectivity index (χ1v) is 8.25. The standard InChI is InChI=1S/C18H31NO/c1-3-5-6-7-8-9-10-14-18(20-4-2)16-12-11-13-17(19)15-16/h11-13,15,18H,3-10,14,19H2,1-2H3. The fraction of sp³-hybridized carbons (Fsp3) is 0.667. The minimum absolute atomic E-state index is 0.208. The largest absolute Gasteiger partial charge is 0.399 e. The summed E-state index contributed by atoms with van der Waals surface area (Å²) in [7, 11) is 0. The first kappa shape index (κ1) is 17.0. The van der Waals surface area contributed by atoms with E-state index in [-0.39, 0.29) is 6.10 Å². The zero-order valence-electron chi connectivity index (χ0n) is 13.2. The minimum atomic E-state index is 0.208. The number of anilines is 1. The van der Waals surface area contributed by atoms with Gasteiger partial charge in [0.15, 0.2) is 0 Å². The van der Waals surface area contributed by atoms with Crippen LogP contribution in [0.5, 0.6) is 0 Å². The van der Waals surface area contributed by atoms with E-state index in [1.807, 2.05) is 18.2 Å². The molecule has 0 saturated heterocycles. The molecule has 0 aliphatic rings. The molecule has 0 bridgehead atoms. The Labute approximate surface area is 124 Å². The Balaban J connectivity index is 2.29. The summed E-state index contributed by atoms with van der Waals surface area (Å²) in [5, 5.41) is 0. The molecule has 1 aromatic carbocycles. The molecule has 0 radical (unpaired) electrons. The van der Waals surface area contributed by atoms with Crippen molar-refractivity contribution in [3.63, 3.8) is 0 Å². The van der Waals surface area contributed by atoms with Crippen LogP contribution in [0, 0.1) is 0 Å². The maximum absolute atomic E-state index is 5.87. The van der Waals surface area contributed by atoms with Crippen LogP contribution < -0.4 is 5.73 Å². The highest BCUT2D eigenvalue weighted by molar-refractivity contribution is 5.41. The van der Waals surface area contributed by atoms with Crippen molar-refractivity contribution in [2.45, 2.75) is 71.3 Å². The van der Waals surface area contributed by atoms with E-state index in [9.17, 15) is 0 Å². The quantitative estimate of drug-likeness (QED) is 0.429. The molecule has 0 heterocycles. The summed E-state index contributed by atoms with van der Waals surface area (Å²) in [6.07, 6.45) is 10.7. The van der Waals surface area contributed by atoms with Crippen molar-refractivity contribution < 1.29 is 4.74 Å². The van der Waals surface area contributed by atoms with E-state index in [0.29, 0.717) is 0 Å². The molecule has 0 aromatic heterocycles. The summed E-state index contributed by atoms with van der Waals surface area (Å²) in [5.41, 5.74) is 7.91. The highest BCUT2D eigenvalue weighted by atomic mass is 16.5. The second-order valence-corrected chi connectivity index (χ2v) is 5.52. The Hall–Kier alpha value is -1.02. The SMILES string of the molecule is CCCCCCCCCC(OCC)c1cccc(N)c1. The average Bonchev–Trinajstić information content (AvgIpc) is 2.45. The van der Waals surface area contributed by atoms with E-state index in [4.69, 9.17) is 10.5 Å². The molecule has 0 aliphatic carbocycles. The fourth-order valence-electron chi connectivity index (χ4n) is 2.59. The first-order chi connectivity index (χ1) is 9.77. The molecule has 1 aromatic rings. The molecule has 20 heavy (non-hydrogen) atoms. The smallest absolute Gasteiger partial charge is 0.0825 e. The highest BCUT2D eigenvalue weighted by Gasteiger charge is 2.11. The van der Waals surface area contributed by atoms with Gasteiger partial charge in [0.2, 0.25) is 0 Å². The van der Waals surface area contributed by atoms with Crippen LogP contribution in [0.3, 0.4) is 0 Å². The van der Waals surface area contributed by atoms with Crippen molar-refractivity contribution in [2.75, 3.05) is 12.3 Å². The maximum atomic E-state index is 5.87. The molecule has 1 rings (SSSR count). The van der Waals surface area contributed by atoms with Gasteiger partial charge in [-0.15, -0.1) is 0 Å². The Morgan fingerprint density at radius 1 is 1.00 bits per heavy atom. The van der Waals surface area contributed by atoms with Gasteiger partial charge < -0.3 is 10.5 Å². The zero-order valence-corrected chi connectivity index (χ0v) is 13.2. The Morgan fingerprint density at radius 2 is 1.70 bits per heavy atom. The van der Waals surface area contributed by atoms with Gasteiger partial charge >= 0.3 is 0 Å². The van der Waals surface area contributed by atoms with E-state index < -0.39 is 0 Å². The molecule has 2 heteroatoms. The van der Waals surface area contributed by atoms with Gasteiger partial charge in [0.25, 0.3) is 0 Å². The van der Waals surface area contributed by atoms with E-state index >= 15 is 0 Å². The van der Waals surface area contributed by atoms with Crippen LogP contribution in [0.4, 0.5) is 5.69 Å².